The van der Waals surface area contributed by atoms with Gasteiger partial charge in [-0.05, 0) is 50.9 Å². The minimum Gasteiger partial charge on any atom is -0.497 e. The summed E-state index contributed by atoms with van der Waals surface area (Å²) in [6.45, 7) is 4.16. The smallest absolute Gasteiger partial charge is 0.344 e. The van der Waals surface area contributed by atoms with Gasteiger partial charge < -0.3 is 24.2 Å². The summed E-state index contributed by atoms with van der Waals surface area (Å²) in [4.78, 5) is 30.0. The summed E-state index contributed by atoms with van der Waals surface area (Å²) in [7, 11) is 4.59. The van der Waals surface area contributed by atoms with Gasteiger partial charge in [-0.15, -0.1) is 0 Å². The molecule has 0 radical (unpaired) electrons. The van der Waals surface area contributed by atoms with Gasteiger partial charge in [-0.2, -0.15) is 0 Å². The van der Waals surface area contributed by atoms with E-state index >= 15 is 4.39 Å². The molecule has 0 amide bonds. The van der Waals surface area contributed by atoms with Crippen LogP contribution in [-0.2, 0) is 24.5 Å². The van der Waals surface area contributed by atoms with Crippen molar-refractivity contribution in [3.05, 3.63) is 23.8 Å². The summed E-state index contributed by atoms with van der Waals surface area (Å²) < 4.78 is 32.4. The molecule has 8 nitrogen and oxygen atoms in total. The molecule has 1 spiro atoms. The van der Waals surface area contributed by atoms with Crippen LogP contribution in [0.25, 0.3) is 0 Å². The summed E-state index contributed by atoms with van der Waals surface area (Å²) in [6, 6.07) is 4.53. The quantitative estimate of drug-likeness (QED) is 0.659. The number of carbonyl (C=O) groups is 2. The predicted molar refractivity (Wildman–Crippen MR) is 122 cm³/mol. The van der Waals surface area contributed by atoms with Crippen molar-refractivity contribution in [1.29, 1.82) is 0 Å². The summed E-state index contributed by atoms with van der Waals surface area (Å²) in [5.41, 5.74) is -2.59. The highest BCUT2D eigenvalue weighted by molar-refractivity contribution is 5.86. The zero-order chi connectivity index (χ0) is 24.6. The first-order valence-electron chi connectivity index (χ1n) is 11.9. The van der Waals surface area contributed by atoms with Crippen LogP contribution in [0.15, 0.2) is 18.2 Å². The number of benzene rings is 1. The Morgan fingerprint density at radius 3 is 2.56 bits per heavy atom. The van der Waals surface area contributed by atoms with Gasteiger partial charge in [0.1, 0.15) is 11.9 Å². The molecular formula is C25H33FN2O6. The van der Waals surface area contributed by atoms with Crippen LogP contribution in [0.3, 0.4) is 0 Å². The van der Waals surface area contributed by atoms with Crippen molar-refractivity contribution in [1.82, 2.24) is 4.90 Å². The van der Waals surface area contributed by atoms with Crippen LogP contribution in [0.1, 0.15) is 38.7 Å². The maximum absolute atomic E-state index is 16.0. The van der Waals surface area contributed by atoms with E-state index in [0.29, 0.717) is 31.6 Å². The van der Waals surface area contributed by atoms with Gasteiger partial charge in [-0.1, -0.05) is 6.07 Å². The first-order chi connectivity index (χ1) is 16.1. The fourth-order valence-electron chi connectivity index (χ4n) is 8.12. The molecule has 186 valence electrons. The van der Waals surface area contributed by atoms with Crippen molar-refractivity contribution in [2.45, 2.75) is 68.5 Å². The number of ether oxygens (including phenoxy) is 3. The Labute approximate surface area is 198 Å². The van der Waals surface area contributed by atoms with Crippen LogP contribution < -0.4 is 9.64 Å². The maximum atomic E-state index is 16.0. The van der Waals surface area contributed by atoms with Gasteiger partial charge in [-0.25, -0.2) is 9.18 Å². The molecule has 9 heteroatoms. The van der Waals surface area contributed by atoms with Crippen molar-refractivity contribution < 1.29 is 33.3 Å². The molecule has 3 heterocycles. The Bertz CT molecular complexity index is 1030. The van der Waals surface area contributed by atoms with E-state index in [9.17, 15) is 14.7 Å². The highest BCUT2D eigenvalue weighted by atomic mass is 19.1. The minimum atomic E-state index is -2.29. The third-order valence-electron chi connectivity index (χ3n) is 9.03. The van der Waals surface area contributed by atoms with E-state index in [2.05, 4.69) is 4.90 Å². The highest BCUT2D eigenvalue weighted by Gasteiger charge is 2.82. The lowest BCUT2D eigenvalue weighted by Gasteiger charge is -2.65. The molecule has 0 unspecified atom stereocenters. The lowest BCUT2D eigenvalue weighted by molar-refractivity contribution is -0.252. The Morgan fingerprint density at radius 1 is 1.21 bits per heavy atom. The van der Waals surface area contributed by atoms with Gasteiger partial charge in [0.05, 0.1) is 25.7 Å². The van der Waals surface area contributed by atoms with Crippen LogP contribution in [0.4, 0.5) is 10.1 Å². The van der Waals surface area contributed by atoms with Gasteiger partial charge in [0, 0.05) is 37.2 Å². The first kappa shape index (κ1) is 23.4. The number of piperidine rings is 1. The van der Waals surface area contributed by atoms with Crippen molar-refractivity contribution in [3.8, 4) is 5.75 Å². The number of likely N-dealkylation sites (N-methyl/N-ethyl adjacent to an activating group) is 1. The molecular weight excluding hydrogens is 443 g/mol. The van der Waals surface area contributed by atoms with Crippen molar-refractivity contribution >= 4 is 17.6 Å². The van der Waals surface area contributed by atoms with Gasteiger partial charge in [0.25, 0.3) is 0 Å². The fraction of sp³-hybridized carbons (Fsp3) is 0.680. The van der Waals surface area contributed by atoms with Crippen molar-refractivity contribution in [2.24, 2.45) is 5.41 Å². The van der Waals surface area contributed by atoms with E-state index in [0.717, 1.165) is 17.8 Å². The van der Waals surface area contributed by atoms with E-state index in [1.807, 2.05) is 30.1 Å². The first-order valence-corrected chi connectivity index (χ1v) is 11.9. The Morgan fingerprint density at radius 2 is 1.94 bits per heavy atom. The number of hydrogen-bond acceptors (Lipinski definition) is 8. The molecule has 34 heavy (non-hydrogen) atoms. The molecule has 1 aromatic carbocycles. The Hall–Kier alpha value is -2.39. The van der Waals surface area contributed by atoms with E-state index in [-0.39, 0.29) is 6.04 Å². The molecule has 0 bridgehead atoms. The second kappa shape index (κ2) is 7.55. The number of fused-ring (bicyclic) bond motifs is 1. The number of halogens is 1. The lowest BCUT2D eigenvalue weighted by atomic mass is 9.46. The van der Waals surface area contributed by atoms with Crippen LogP contribution in [0.5, 0.6) is 5.75 Å². The number of rotatable bonds is 4. The molecule has 5 rings (SSSR count). The van der Waals surface area contributed by atoms with Crippen LogP contribution in [0.2, 0.25) is 0 Å². The molecule has 2 saturated heterocycles. The third-order valence-corrected chi connectivity index (χ3v) is 9.03. The number of carbonyl (C=O) groups excluding carboxylic acids is 2. The molecule has 1 saturated carbocycles. The molecule has 3 fully saturated rings. The van der Waals surface area contributed by atoms with E-state index in [1.54, 1.807) is 7.11 Å². The third kappa shape index (κ3) is 2.54. The second-order valence-electron chi connectivity index (χ2n) is 10.3. The Kier molecular flexibility index (Phi) is 5.19. The monoisotopic (exact) mass is 476 g/mol. The lowest BCUT2D eigenvalue weighted by Crippen LogP contribution is -2.83. The topological polar surface area (TPSA) is 88.5 Å². The zero-order valence-electron chi connectivity index (χ0n) is 20.3. The van der Waals surface area contributed by atoms with E-state index in [1.165, 1.54) is 21.0 Å². The molecule has 3 aliphatic heterocycles. The van der Waals surface area contributed by atoms with Crippen LogP contribution in [-0.4, -0.2) is 86.3 Å². The normalized spacial score (nSPS) is 39.0. The predicted octanol–water partition coefficient (Wildman–Crippen LogP) is 1.81. The average Bonchev–Trinajstić information content (AvgIpc) is 3.32. The zero-order valence-corrected chi connectivity index (χ0v) is 20.3. The summed E-state index contributed by atoms with van der Waals surface area (Å²) in [6.07, 6.45) is -1.18. The summed E-state index contributed by atoms with van der Waals surface area (Å²) >= 11 is 0. The molecule has 1 aliphatic carbocycles. The Balaban J connectivity index is 1.87. The van der Waals surface area contributed by atoms with Crippen molar-refractivity contribution in [2.75, 3.05) is 39.3 Å². The molecule has 0 aromatic heterocycles. The number of aliphatic hydroxyl groups is 1. The van der Waals surface area contributed by atoms with E-state index < -0.39 is 46.7 Å². The number of alkyl halides is 1. The average molecular weight is 477 g/mol. The molecule has 1 N–H and O–H groups in total. The second-order valence-corrected chi connectivity index (χ2v) is 10.3. The van der Waals surface area contributed by atoms with Gasteiger partial charge in [0.2, 0.25) is 5.60 Å². The number of methoxy groups -OCH3 is 2. The van der Waals surface area contributed by atoms with E-state index in [4.69, 9.17) is 14.2 Å². The molecule has 4 aliphatic rings. The number of hydrogen-bond donors (Lipinski definition) is 1. The highest BCUT2D eigenvalue weighted by Crippen LogP contribution is 2.68. The van der Waals surface area contributed by atoms with Crippen LogP contribution in [0, 0.1) is 5.41 Å². The van der Waals surface area contributed by atoms with Crippen LogP contribution >= 0.6 is 0 Å². The largest absolute Gasteiger partial charge is 0.497 e. The van der Waals surface area contributed by atoms with Crippen molar-refractivity contribution in [3.63, 3.8) is 0 Å². The van der Waals surface area contributed by atoms with Gasteiger partial charge in [0.15, 0.2) is 6.10 Å². The number of esters is 2. The summed E-state index contributed by atoms with van der Waals surface area (Å²) in [5, 5.41) is 12.4. The number of anilines is 1. The SMILES string of the molecule is COC(=O)[C@]1(O)[C@@H]2N(C)c3cc(OC)ccc3[C@@]23CCN2CCC[C@]([C@H](C)F)([C@H]23)[C@H]1OC(C)=O. The molecule has 1 aromatic rings. The number of nitrogens with zero attached hydrogens (tertiary/aromatic N) is 2. The summed E-state index contributed by atoms with van der Waals surface area (Å²) in [5.74, 6) is -0.950. The minimum absolute atomic E-state index is 0.370. The van der Waals surface area contributed by atoms with Gasteiger partial charge in [-0.3, -0.25) is 9.69 Å². The maximum Gasteiger partial charge on any atom is 0.344 e. The standard InChI is InChI=1S/C25H33FN2O6/c1-14(26)23-9-6-11-28-12-10-24(19(23)28)17-8-7-16(32-4)13-18(17)27(3)20(24)25(31,22(30)33-5)21(23)34-15(2)29/h7-8,13-14,19-21,31H,6,9-12H2,1-5H3/t14-,19-,20+,21+,23-,24+,25-/m0/s1. The molecule has 7 atom stereocenters. The van der Waals surface area contributed by atoms with Gasteiger partial charge >= 0.3 is 11.9 Å². The fourth-order valence-corrected chi connectivity index (χ4v) is 8.12.